The van der Waals surface area contributed by atoms with E-state index in [1.807, 2.05) is 0 Å². The van der Waals surface area contributed by atoms with Crippen LogP contribution in [0, 0.1) is 5.92 Å². The van der Waals surface area contributed by atoms with Gasteiger partial charge in [-0.05, 0) is 44.6 Å². The quantitative estimate of drug-likeness (QED) is 0.748. The molecule has 2 aliphatic rings. The van der Waals surface area contributed by atoms with Crippen molar-refractivity contribution in [2.75, 3.05) is 19.6 Å². The van der Waals surface area contributed by atoms with Crippen molar-refractivity contribution < 1.29 is 5.11 Å². The zero-order valence-electron chi connectivity index (χ0n) is 9.34. The highest BCUT2D eigenvalue weighted by atomic mass is 16.3. The zero-order chi connectivity index (χ0) is 10.0. The molecular formula is C12H23NO. The summed E-state index contributed by atoms with van der Waals surface area (Å²) in [5.74, 6) is 0.631. The minimum atomic E-state index is -0.289. The maximum absolute atomic E-state index is 10.5. The number of hydrogen-bond acceptors (Lipinski definition) is 2. The Morgan fingerprint density at radius 3 is 2.36 bits per heavy atom. The second kappa shape index (κ2) is 4.19. The first-order valence-electron chi connectivity index (χ1n) is 6.19. The van der Waals surface area contributed by atoms with E-state index in [0.717, 1.165) is 25.9 Å². The van der Waals surface area contributed by atoms with Gasteiger partial charge in [0.2, 0.25) is 0 Å². The molecular weight excluding hydrogens is 174 g/mol. The van der Waals surface area contributed by atoms with Gasteiger partial charge in [-0.2, -0.15) is 0 Å². The Balaban J connectivity index is 1.81. The van der Waals surface area contributed by atoms with Crippen molar-refractivity contribution in [3.8, 4) is 0 Å². The van der Waals surface area contributed by atoms with Crippen molar-refractivity contribution in [1.82, 2.24) is 4.90 Å². The molecule has 0 bridgehead atoms. The van der Waals surface area contributed by atoms with Crippen LogP contribution in [0.1, 0.15) is 45.4 Å². The summed E-state index contributed by atoms with van der Waals surface area (Å²) in [4.78, 5) is 2.49. The summed E-state index contributed by atoms with van der Waals surface area (Å²) in [5.41, 5.74) is -0.289. The highest BCUT2D eigenvalue weighted by Crippen LogP contribution is 2.41. The topological polar surface area (TPSA) is 23.5 Å². The van der Waals surface area contributed by atoms with Crippen LogP contribution in [0.3, 0.4) is 0 Å². The fraction of sp³-hybridized carbons (Fsp3) is 1.00. The summed E-state index contributed by atoms with van der Waals surface area (Å²) < 4.78 is 0. The zero-order valence-corrected chi connectivity index (χ0v) is 9.34. The van der Waals surface area contributed by atoms with E-state index in [2.05, 4.69) is 11.8 Å². The van der Waals surface area contributed by atoms with Crippen LogP contribution in [0.5, 0.6) is 0 Å². The maximum atomic E-state index is 10.5. The van der Waals surface area contributed by atoms with Crippen LogP contribution in [0.15, 0.2) is 0 Å². The average molecular weight is 197 g/mol. The SMILES string of the molecule is CCCN1CCC(O)(C2CCC2)CC1. The van der Waals surface area contributed by atoms with Gasteiger partial charge >= 0.3 is 0 Å². The first kappa shape index (κ1) is 10.4. The summed E-state index contributed by atoms with van der Waals surface area (Å²) in [7, 11) is 0. The lowest BCUT2D eigenvalue weighted by Gasteiger charge is -2.46. The molecule has 1 saturated carbocycles. The van der Waals surface area contributed by atoms with Crippen LogP contribution in [0.2, 0.25) is 0 Å². The van der Waals surface area contributed by atoms with Crippen LogP contribution in [0.25, 0.3) is 0 Å². The van der Waals surface area contributed by atoms with Crippen molar-refractivity contribution in [1.29, 1.82) is 0 Å². The molecule has 1 heterocycles. The highest BCUT2D eigenvalue weighted by Gasteiger charge is 2.41. The van der Waals surface area contributed by atoms with E-state index in [-0.39, 0.29) is 5.60 Å². The predicted molar refractivity (Wildman–Crippen MR) is 58.3 cm³/mol. The first-order valence-corrected chi connectivity index (χ1v) is 6.19. The van der Waals surface area contributed by atoms with E-state index >= 15 is 0 Å². The molecule has 2 rings (SSSR count). The molecule has 0 aromatic rings. The molecule has 1 aliphatic heterocycles. The van der Waals surface area contributed by atoms with Crippen LogP contribution in [0.4, 0.5) is 0 Å². The number of aliphatic hydroxyl groups is 1. The van der Waals surface area contributed by atoms with E-state index in [9.17, 15) is 5.11 Å². The lowest BCUT2D eigenvalue weighted by atomic mass is 9.69. The number of nitrogens with zero attached hydrogens (tertiary/aromatic N) is 1. The van der Waals surface area contributed by atoms with E-state index in [0.29, 0.717) is 5.92 Å². The van der Waals surface area contributed by atoms with Gasteiger partial charge in [-0.3, -0.25) is 0 Å². The second-order valence-corrected chi connectivity index (χ2v) is 5.07. The summed E-state index contributed by atoms with van der Waals surface area (Å²) in [6, 6.07) is 0. The third-order valence-electron chi connectivity index (χ3n) is 4.13. The van der Waals surface area contributed by atoms with Gasteiger partial charge in [-0.15, -0.1) is 0 Å². The monoisotopic (exact) mass is 197 g/mol. The summed E-state index contributed by atoms with van der Waals surface area (Å²) >= 11 is 0. The minimum Gasteiger partial charge on any atom is -0.390 e. The van der Waals surface area contributed by atoms with Crippen LogP contribution < -0.4 is 0 Å². The number of piperidine rings is 1. The molecule has 2 heteroatoms. The molecule has 1 saturated heterocycles. The predicted octanol–water partition coefficient (Wildman–Crippen LogP) is 2.02. The first-order chi connectivity index (χ1) is 6.74. The van der Waals surface area contributed by atoms with Gasteiger partial charge in [0.1, 0.15) is 0 Å². The number of hydrogen-bond donors (Lipinski definition) is 1. The lowest BCUT2D eigenvalue weighted by molar-refractivity contribution is -0.0908. The standard InChI is InChI=1S/C12H23NO/c1-2-8-13-9-6-12(14,7-10-13)11-4-3-5-11/h11,14H,2-10H2,1H3. The van der Waals surface area contributed by atoms with E-state index in [1.165, 1.54) is 32.2 Å². The molecule has 0 atom stereocenters. The van der Waals surface area contributed by atoms with Crippen LogP contribution in [-0.4, -0.2) is 35.2 Å². The molecule has 0 aromatic carbocycles. The third kappa shape index (κ3) is 1.96. The fourth-order valence-corrected chi connectivity index (χ4v) is 2.83. The van der Waals surface area contributed by atoms with E-state index < -0.39 is 0 Å². The Hall–Kier alpha value is -0.0800. The Labute approximate surface area is 87.3 Å². The molecule has 2 nitrogen and oxygen atoms in total. The average Bonchev–Trinajstić information content (AvgIpc) is 2.06. The second-order valence-electron chi connectivity index (χ2n) is 5.07. The van der Waals surface area contributed by atoms with E-state index in [4.69, 9.17) is 0 Å². The number of likely N-dealkylation sites (tertiary alicyclic amines) is 1. The smallest absolute Gasteiger partial charge is 0.0700 e. The Morgan fingerprint density at radius 1 is 1.29 bits per heavy atom. The highest BCUT2D eigenvalue weighted by molar-refractivity contribution is 4.94. The van der Waals surface area contributed by atoms with Crippen molar-refractivity contribution in [2.24, 2.45) is 5.92 Å². The van der Waals surface area contributed by atoms with Gasteiger partial charge in [0.05, 0.1) is 5.60 Å². The van der Waals surface area contributed by atoms with E-state index in [1.54, 1.807) is 0 Å². The molecule has 0 radical (unpaired) electrons. The van der Waals surface area contributed by atoms with Crippen LogP contribution >= 0.6 is 0 Å². The Kier molecular flexibility index (Phi) is 3.13. The molecule has 0 unspecified atom stereocenters. The lowest BCUT2D eigenvalue weighted by Crippen LogP contribution is -2.50. The van der Waals surface area contributed by atoms with Crippen molar-refractivity contribution in [3.05, 3.63) is 0 Å². The van der Waals surface area contributed by atoms with Gasteiger partial charge in [0, 0.05) is 13.1 Å². The summed E-state index contributed by atoms with van der Waals surface area (Å²) in [5, 5.41) is 10.5. The molecule has 2 fully saturated rings. The normalized spacial score (nSPS) is 28.7. The minimum absolute atomic E-state index is 0.289. The van der Waals surface area contributed by atoms with Crippen molar-refractivity contribution in [2.45, 2.75) is 51.0 Å². The molecule has 14 heavy (non-hydrogen) atoms. The molecule has 1 N–H and O–H groups in total. The maximum Gasteiger partial charge on any atom is 0.0700 e. The molecule has 82 valence electrons. The fourth-order valence-electron chi connectivity index (χ4n) is 2.83. The molecule has 0 spiro atoms. The van der Waals surface area contributed by atoms with Crippen LogP contribution in [-0.2, 0) is 0 Å². The number of rotatable bonds is 3. The van der Waals surface area contributed by atoms with Gasteiger partial charge in [-0.25, -0.2) is 0 Å². The Bertz CT molecular complexity index is 181. The molecule has 1 aliphatic carbocycles. The van der Waals surface area contributed by atoms with Crippen molar-refractivity contribution in [3.63, 3.8) is 0 Å². The van der Waals surface area contributed by atoms with Gasteiger partial charge in [0.25, 0.3) is 0 Å². The summed E-state index contributed by atoms with van der Waals surface area (Å²) in [6.07, 6.45) is 7.14. The third-order valence-corrected chi connectivity index (χ3v) is 4.13. The van der Waals surface area contributed by atoms with Crippen molar-refractivity contribution >= 4 is 0 Å². The molecule has 0 aromatic heterocycles. The van der Waals surface area contributed by atoms with Gasteiger partial charge in [-0.1, -0.05) is 13.3 Å². The molecule has 0 amide bonds. The van der Waals surface area contributed by atoms with Gasteiger partial charge in [0.15, 0.2) is 0 Å². The van der Waals surface area contributed by atoms with Gasteiger partial charge < -0.3 is 10.0 Å². The summed E-state index contributed by atoms with van der Waals surface area (Å²) in [6.45, 7) is 5.66. The largest absolute Gasteiger partial charge is 0.390 e. The Morgan fingerprint density at radius 2 is 1.93 bits per heavy atom.